The van der Waals surface area contributed by atoms with E-state index in [1.165, 1.54) is 6.42 Å². The van der Waals surface area contributed by atoms with Crippen molar-refractivity contribution in [1.82, 2.24) is 5.32 Å². The van der Waals surface area contributed by atoms with Crippen molar-refractivity contribution in [2.24, 2.45) is 23.5 Å². The van der Waals surface area contributed by atoms with Crippen LogP contribution in [0.2, 0.25) is 0 Å². The minimum atomic E-state index is -0.0695. The second kappa shape index (κ2) is 5.68. The molecule has 4 nitrogen and oxygen atoms in total. The third kappa shape index (κ3) is 2.53. The molecule has 1 aromatic rings. The Bertz CT molecular complexity index is 529. The number of ether oxygens (including phenoxy) is 1. The molecule has 3 rings (SSSR count). The van der Waals surface area contributed by atoms with Gasteiger partial charge in [0, 0.05) is 11.6 Å². The lowest BCUT2D eigenvalue weighted by molar-refractivity contribution is -0.127. The number of carbonyl (C=O) groups excluding carboxylic acids is 1. The van der Waals surface area contributed by atoms with E-state index in [-0.39, 0.29) is 23.9 Å². The molecule has 5 atom stereocenters. The first-order chi connectivity index (χ1) is 10.1. The van der Waals surface area contributed by atoms with Crippen LogP contribution in [0.3, 0.4) is 0 Å². The van der Waals surface area contributed by atoms with E-state index in [1.54, 1.807) is 7.11 Å². The minimum Gasteiger partial charge on any atom is -0.496 e. The number of carbonyl (C=O) groups is 1. The zero-order valence-corrected chi connectivity index (χ0v) is 12.7. The third-order valence-electron chi connectivity index (χ3n) is 5.25. The average Bonchev–Trinajstić information content (AvgIpc) is 3.07. The van der Waals surface area contributed by atoms with Crippen LogP contribution < -0.4 is 15.8 Å². The quantitative estimate of drug-likeness (QED) is 0.893. The highest BCUT2D eigenvalue weighted by atomic mass is 16.5. The number of hydrogen-bond acceptors (Lipinski definition) is 3. The molecule has 1 amide bonds. The molecule has 2 fully saturated rings. The van der Waals surface area contributed by atoms with Crippen LogP contribution in [0.15, 0.2) is 24.3 Å². The number of para-hydroxylation sites is 1. The lowest BCUT2D eigenvalue weighted by Crippen LogP contribution is -2.45. The summed E-state index contributed by atoms with van der Waals surface area (Å²) < 4.78 is 5.37. The SMILES string of the molecule is COc1ccccc1C(C)NC(=O)C1C2CCC(C2)C1N. The first-order valence-corrected chi connectivity index (χ1v) is 7.80. The first kappa shape index (κ1) is 14.4. The van der Waals surface area contributed by atoms with Crippen LogP contribution in [-0.2, 0) is 4.79 Å². The van der Waals surface area contributed by atoms with Gasteiger partial charge in [0.05, 0.1) is 19.1 Å². The molecule has 0 saturated heterocycles. The molecule has 5 unspecified atom stereocenters. The standard InChI is InChI=1S/C17H24N2O2/c1-10(13-5-3-4-6-14(13)21-2)19-17(20)15-11-7-8-12(9-11)16(15)18/h3-6,10-12,15-16H,7-9,18H2,1-2H3,(H,19,20). The van der Waals surface area contributed by atoms with Crippen molar-refractivity contribution >= 4 is 5.91 Å². The molecule has 0 radical (unpaired) electrons. The summed E-state index contributed by atoms with van der Waals surface area (Å²) in [6.07, 6.45) is 3.47. The Morgan fingerprint density at radius 1 is 1.33 bits per heavy atom. The number of nitrogens with two attached hydrogens (primary N) is 1. The Morgan fingerprint density at radius 3 is 2.71 bits per heavy atom. The molecule has 114 valence electrons. The maximum atomic E-state index is 12.6. The summed E-state index contributed by atoms with van der Waals surface area (Å²) in [6, 6.07) is 7.77. The predicted octanol–water partition coefficient (Wildman–Crippen LogP) is 2.25. The largest absolute Gasteiger partial charge is 0.496 e. The molecular weight excluding hydrogens is 264 g/mol. The Morgan fingerprint density at radius 2 is 2.05 bits per heavy atom. The molecule has 4 heteroatoms. The number of methoxy groups -OCH3 is 1. The molecule has 2 aliphatic rings. The second-order valence-electron chi connectivity index (χ2n) is 6.41. The minimum absolute atomic E-state index is 0.0130. The van der Waals surface area contributed by atoms with Crippen molar-refractivity contribution in [3.05, 3.63) is 29.8 Å². The number of fused-ring (bicyclic) bond motifs is 2. The van der Waals surface area contributed by atoms with E-state index in [0.29, 0.717) is 11.8 Å². The smallest absolute Gasteiger partial charge is 0.225 e. The molecule has 0 aromatic heterocycles. The van der Waals surface area contributed by atoms with Crippen LogP contribution in [0.5, 0.6) is 5.75 Å². The highest BCUT2D eigenvalue weighted by Gasteiger charge is 2.49. The molecule has 0 spiro atoms. The van der Waals surface area contributed by atoms with Gasteiger partial charge in [-0.2, -0.15) is 0 Å². The van der Waals surface area contributed by atoms with Crippen molar-refractivity contribution in [2.75, 3.05) is 7.11 Å². The van der Waals surface area contributed by atoms with Crippen LogP contribution in [0.25, 0.3) is 0 Å². The molecule has 2 saturated carbocycles. The Balaban J connectivity index is 1.70. The number of rotatable bonds is 4. The Labute approximate surface area is 126 Å². The molecule has 2 bridgehead atoms. The van der Waals surface area contributed by atoms with Gasteiger partial charge in [-0.3, -0.25) is 4.79 Å². The highest BCUT2D eigenvalue weighted by Crippen LogP contribution is 2.47. The average molecular weight is 288 g/mol. The number of benzene rings is 1. The number of nitrogens with one attached hydrogen (secondary N) is 1. The fourth-order valence-corrected chi connectivity index (χ4v) is 4.14. The molecule has 0 aliphatic heterocycles. The molecule has 1 aromatic carbocycles. The Kier molecular flexibility index (Phi) is 3.89. The van der Waals surface area contributed by atoms with Gasteiger partial charge in [0.1, 0.15) is 5.75 Å². The maximum absolute atomic E-state index is 12.6. The van der Waals surface area contributed by atoms with Gasteiger partial charge in [0.15, 0.2) is 0 Å². The van der Waals surface area contributed by atoms with E-state index < -0.39 is 0 Å². The van der Waals surface area contributed by atoms with Crippen molar-refractivity contribution in [1.29, 1.82) is 0 Å². The van der Waals surface area contributed by atoms with Crippen LogP contribution in [0.4, 0.5) is 0 Å². The molecular formula is C17H24N2O2. The fraction of sp³-hybridized carbons (Fsp3) is 0.588. The van der Waals surface area contributed by atoms with Gasteiger partial charge in [-0.15, -0.1) is 0 Å². The highest BCUT2D eigenvalue weighted by molar-refractivity contribution is 5.81. The van der Waals surface area contributed by atoms with Gasteiger partial charge in [-0.1, -0.05) is 18.2 Å². The van der Waals surface area contributed by atoms with Crippen molar-refractivity contribution in [3.8, 4) is 5.75 Å². The summed E-state index contributed by atoms with van der Waals surface area (Å²) >= 11 is 0. The predicted molar refractivity (Wildman–Crippen MR) is 81.8 cm³/mol. The summed E-state index contributed by atoms with van der Waals surface area (Å²) in [5, 5.41) is 3.13. The lowest BCUT2D eigenvalue weighted by atomic mass is 9.84. The van der Waals surface area contributed by atoms with E-state index in [1.807, 2.05) is 31.2 Å². The van der Waals surface area contributed by atoms with Gasteiger partial charge >= 0.3 is 0 Å². The second-order valence-corrected chi connectivity index (χ2v) is 6.41. The van der Waals surface area contributed by atoms with Crippen molar-refractivity contribution < 1.29 is 9.53 Å². The van der Waals surface area contributed by atoms with Gasteiger partial charge in [0.25, 0.3) is 0 Å². The molecule has 21 heavy (non-hydrogen) atoms. The molecule has 3 N–H and O–H groups in total. The zero-order valence-electron chi connectivity index (χ0n) is 12.7. The Hall–Kier alpha value is -1.55. The summed E-state index contributed by atoms with van der Waals surface area (Å²) in [5.74, 6) is 1.93. The van der Waals surface area contributed by atoms with E-state index in [0.717, 1.165) is 24.2 Å². The maximum Gasteiger partial charge on any atom is 0.225 e. The summed E-state index contributed by atoms with van der Waals surface area (Å²) in [4.78, 5) is 12.6. The van der Waals surface area contributed by atoms with E-state index >= 15 is 0 Å². The molecule has 0 heterocycles. The van der Waals surface area contributed by atoms with Gasteiger partial charge in [0.2, 0.25) is 5.91 Å². The van der Waals surface area contributed by atoms with Gasteiger partial charge in [-0.05, 0) is 44.1 Å². The monoisotopic (exact) mass is 288 g/mol. The zero-order chi connectivity index (χ0) is 15.0. The van der Waals surface area contributed by atoms with Crippen LogP contribution in [0.1, 0.15) is 37.8 Å². The van der Waals surface area contributed by atoms with E-state index in [9.17, 15) is 4.79 Å². The topological polar surface area (TPSA) is 64.3 Å². The summed E-state index contributed by atoms with van der Waals surface area (Å²) in [6.45, 7) is 1.99. The fourth-order valence-electron chi connectivity index (χ4n) is 4.14. The molecule has 2 aliphatic carbocycles. The van der Waals surface area contributed by atoms with Crippen LogP contribution >= 0.6 is 0 Å². The van der Waals surface area contributed by atoms with Gasteiger partial charge < -0.3 is 15.8 Å². The van der Waals surface area contributed by atoms with Crippen LogP contribution in [-0.4, -0.2) is 19.1 Å². The lowest BCUT2D eigenvalue weighted by Gasteiger charge is -2.28. The summed E-state index contributed by atoms with van der Waals surface area (Å²) in [5.41, 5.74) is 7.25. The van der Waals surface area contributed by atoms with Crippen molar-refractivity contribution in [3.63, 3.8) is 0 Å². The normalized spacial score (nSPS) is 32.0. The van der Waals surface area contributed by atoms with Crippen LogP contribution in [0, 0.1) is 17.8 Å². The van der Waals surface area contributed by atoms with E-state index in [4.69, 9.17) is 10.5 Å². The number of amides is 1. The van der Waals surface area contributed by atoms with Crippen molar-refractivity contribution in [2.45, 2.75) is 38.3 Å². The number of hydrogen-bond donors (Lipinski definition) is 2. The van der Waals surface area contributed by atoms with Gasteiger partial charge in [-0.25, -0.2) is 0 Å². The third-order valence-corrected chi connectivity index (χ3v) is 5.25. The summed E-state index contributed by atoms with van der Waals surface area (Å²) in [7, 11) is 1.65. The van der Waals surface area contributed by atoms with E-state index in [2.05, 4.69) is 5.32 Å². The first-order valence-electron chi connectivity index (χ1n) is 7.80.